The summed E-state index contributed by atoms with van der Waals surface area (Å²) in [5, 5.41) is 0. The minimum Gasteiger partial charge on any atom is -0.304 e. The van der Waals surface area contributed by atoms with Gasteiger partial charge in [0.25, 0.3) is 10.0 Å². The largest absolute Gasteiger partial charge is 0.377 e. The standard InChI is InChI=1S/C19H30NO5PS/c1-7-16(5)15-20(19(8-2)26(21,24-9-3)25-10-4)27(22,23)18-13-11-17(6)12-14-18/h7-8,11-14,16H,1,9-10,15H2,2-6H3/b19-8-. The zero-order valence-electron chi connectivity index (χ0n) is 16.7. The van der Waals surface area contributed by atoms with Crippen molar-refractivity contribution in [2.45, 2.75) is 39.5 Å². The second kappa shape index (κ2) is 10.2. The first-order chi connectivity index (χ1) is 12.7. The Morgan fingerprint density at radius 1 is 1.22 bits per heavy atom. The number of allylic oxidation sites excluding steroid dienone is 1. The van der Waals surface area contributed by atoms with Crippen molar-refractivity contribution in [2.75, 3.05) is 19.8 Å². The van der Waals surface area contributed by atoms with E-state index in [1.54, 1.807) is 39.0 Å². The first kappa shape index (κ1) is 23.6. The van der Waals surface area contributed by atoms with Crippen LogP contribution >= 0.6 is 7.60 Å². The molecule has 1 unspecified atom stereocenters. The van der Waals surface area contributed by atoms with Gasteiger partial charge in [-0.25, -0.2) is 8.42 Å². The SMILES string of the molecule is C=CC(C)CN(/C(=C/C)P(=O)(OCC)OCC)S(=O)(=O)c1ccc(C)cc1. The van der Waals surface area contributed by atoms with Gasteiger partial charge < -0.3 is 9.05 Å². The molecule has 0 aliphatic rings. The highest BCUT2D eigenvalue weighted by Crippen LogP contribution is 2.58. The van der Waals surface area contributed by atoms with E-state index in [0.717, 1.165) is 9.87 Å². The molecule has 0 aliphatic heterocycles. The summed E-state index contributed by atoms with van der Waals surface area (Å²) >= 11 is 0. The van der Waals surface area contributed by atoms with Crippen molar-refractivity contribution in [1.29, 1.82) is 0 Å². The van der Waals surface area contributed by atoms with E-state index in [9.17, 15) is 13.0 Å². The van der Waals surface area contributed by atoms with E-state index in [2.05, 4.69) is 6.58 Å². The molecule has 0 fully saturated rings. The van der Waals surface area contributed by atoms with E-state index >= 15 is 0 Å². The van der Waals surface area contributed by atoms with Gasteiger partial charge in [-0.3, -0.25) is 8.87 Å². The predicted octanol–water partition coefficient (Wildman–Crippen LogP) is 4.94. The van der Waals surface area contributed by atoms with Crippen LogP contribution in [0.4, 0.5) is 0 Å². The monoisotopic (exact) mass is 415 g/mol. The van der Waals surface area contributed by atoms with Crippen LogP contribution in [-0.4, -0.2) is 32.5 Å². The summed E-state index contributed by atoms with van der Waals surface area (Å²) in [6.45, 7) is 12.8. The number of aryl methyl sites for hydroxylation is 1. The van der Waals surface area contributed by atoms with Crippen LogP contribution in [0, 0.1) is 12.8 Å². The molecule has 0 spiro atoms. The van der Waals surface area contributed by atoms with E-state index in [0.29, 0.717) is 0 Å². The van der Waals surface area contributed by atoms with E-state index in [4.69, 9.17) is 9.05 Å². The Labute approximate surface area is 163 Å². The maximum Gasteiger partial charge on any atom is 0.377 e. The molecule has 0 saturated carbocycles. The molecule has 0 amide bonds. The Balaban J connectivity index is 3.56. The van der Waals surface area contributed by atoms with Crippen LogP contribution < -0.4 is 0 Å². The van der Waals surface area contributed by atoms with Crippen LogP contribution in [0.3, 0.4) is 0 Å². The highest BCUT2D eigenvalue weighted by atomic mass is 32.2. The highest BCUT2D eigenvalue weighted by molar-refractivity contribution is 7.89. The van der Waals surface area contributed by atoms with E-state index in [-0.39, 0.29) is 36.0 Å². The average Bonchev–Trinajstić information content (AvgIpc) is 2.62. The summed E-state index contributed by atoms with van der Waals surface area (Å²) in [6.07, 6.45) is 3.13. The third kappa shape index (κ3) is 5.79. The van der Waals surface area contributed by atoms with Crippen molar-refractivity contribution < 1.29 is 22.0 Å². The second-order valence-electron chi connectivity index (χ2n) is 6.04. The van der Waals surface area contributed by atoms with Crippen molar-refractivity contribution in [3.8, 4) is 0 Å². The van der Waals surface area contributed by atoms with Crippen molar-refractivity contribution >= 4 is 17.6 Å². The lowest BCUT2D eigenvalue weighted by molar-refractivity contribution is 0.219. The zero-order chi connectivity index (χ0) is 20.7. The van der Waals surface area contributed by atoms with Gasteiger partial charge in [-0.1, -0.05) is 36.8 Å². The zero-order valence-corrected chi connectivity index (χ0v) is 18.4. The number of hydrogen-bond donors (Lipinski definition) is 0. The van der Waals surface area contributed by atoms with Crippen LogP contribution in [0.25, 0.3) is 0 Å². The molecule has 8 heteroatoms. The van der Waals surface area contributed by atoms with Gasteiger partial charge >= 0.3 is 7.60 Å². The Morgan fingerprint density at radius 2 is 1.74 bits per heavy atom. The minimum absolute atomic E-state index is 0.0143. The second-order valence-corrected chi connectivity index (χ2v) is 9.87. The van der Waals surface area contributed by atoms with Gasteiger partial charge in [0.1, 0.15) is 5.44 Å². The molecule has 0 aromatic heterocycles. The minimum atomic E-state index is -3.97. The van der Waals surface area contributed by atoms with Crippen LogP contribution in [0.1, 0.15) is 33.3 Å². The third-order valence-corrected chi connectivity index (χ3v) is 8.04. The van der Waals surface area contributed by atoms with Gasteiger partial charge in [-0.15, -0.1) is 6.58 Å². The number of hydrogen-bond acceptors (Lipinski definition) is 5. The van der Waals surface area contributed by atoms with E-state index in [1.807, 2.05) is 13.8 Å². The van der Waals surface area contributed by atoms with Gasteiger partial charge in [0.2, 0.25) is 0 Å². The Bertz CT molecular complexity index is 792. The average molecular weight is 415 g/mol. The predicted molar refractivity (Wildman–Crippen MR) is 109 cm³/mol. The lowest BCUT2D eigenvalue weighted by atomic mass is 10.2. The van der Waals surface area contributed by atoms with Crippen molar-refractivity contribution in [1.82, 2.24) is 4.31 Å². The van der Waals surface area contributed by atoms with Crippen molar-refractivity contribution in [3.63, 3.8) is 0 Å². The number of benzene rings is 1. The van der Waals surface area contributed by atoms with Crippen LogP contribution in [-0.2, 0) is 23.6 Å². The first-order valence-electron chi connectivity index (χ1n) is 8.94. The third-order valence-electron chi connectivity index (χ3n) is 3.86. The molecule has 0 heterocycles. The number of nitrogens with zero attached hydrogens (tertiary/aromatic N) is 1. The topological polar surface area (TPSA) is 72.9 Å². The fourth-order valence-corrected chi connectivity index (χ4v) is 6.27. The Morgan fingerprint density at radius 3 is 2.15 bits per heavy atom. The summed E-state index contributed by atoms with van der Waals surface area (Å²) in [7, 11) is -7.77. The maximum absolute atomic E-state index is 13.4. The van der Waals surface area contributed by atoms with Gasteiger partial charge in [0, 0.05) is 6.54 Å². The van der Waals surface area contributed by atoms with Gasteiger partial charge in [0.05, 0.1) is 18.1 Å². The van der Waals surface area contributed by atoms with Crippen molar-refractivity contribution in [3.05, 3.63) is 54.0 Å². The lowest BCUT2D eigenvalue weighted by Crippen LogP contribution is -2.34. The fourth-order valence-electron chi connectivity index (χ4n) is 2.44. The summed E-state index contributed by atoms with van der Waals surface area (Å²) in [5.74, 6) is -0.170. The molecule has 0 N–H and O–H groups in total. The quantitative estimate of drug-likeness (QED) is 0.378. The number of rotatable bonds is 11. The van der Waals surface area contributed by atoms with Crippen molar-refractivity contribution in [2.24, 2.45) is 5.92 Å². The molecule has 0 aliphatic carbocycles. The molecular weight excluding hydrogens is 385 g/mol. The Kier molecular flexibility index (Phi) is 8.95. The van der Waals surface area contributed by atoms with Crippen LogP contribution in [0.15, 0.2) is 53.3 Å². The summed E-state index contributed by atoms with van der Waals surface area (Å²) in [5.41, 5.74) is 0.959. The normalized spacial score (nSPS) is 14.0. The lowest BCUT2D eigenvalue weighted by Gasteiger charge is -2.31. The fraction of sp³-hybridized carbons (Fsp3) is 0.474. The van der Waals surface area contributed by atoms with E-state index < -0.39 is 17.6 Å². The molecule has 0 bridgehead atoms. The first-order valence-corrected chi connectivity index (χ1v) is 11.9. The molecule has 0 radical (unpaired) electrons. The summed E-state index contributed by atoms with van der Waals surface area (Å²) < 4.78 is 52.0. The molecule has 1 atom stereocenters. The molecule has 6 nitrogen and oxygen atoms in total. The highest BCUT2D eigenvalue weighted by Gasteiger charge is 2.39. The molecule has 152 valence electrons. The van der Waals surface area contributed by atoms with Gasteiger partial charge in [-0.05, 0) is 45.7 Å². The molecule has 1 aromatic carbocycles. The van der Waals surface area contributed by atoms with Gasteiger partial charge in [0.15, 0.2) is 0 Å². The van der Waals surface area contributed by atoms with Crippen LogP contribution in [0.2, 0.25) is 0 Å². The number of sulfonamides is 1. The van der Waals surface area contributed by atoms with Crippen LogP contribution in [0.5, 0.6) is 0 Å². The molecule has 1 rings (SSSR count). The Hall–Kier alpha value is -1.40. The molecular formula is C19H30NO5PS. The molecule has 1 aromatic rings. The summed E-state index contributed by atoms with van der Waals surface area (Å²) in [6, 6.07) is 6.52. The summed E-state index contributed by atoms with van der Waals surface area (Å²) in [4.78, 5) is 0.114. The molecule has 27 heavy (non-hydrogen) atoms. The smallest absolute Gasteiger partial charge is 0.304 e. The van der Waals surface area contributed by atoms with Gasteiger partial charge in [-0.2, -0.15) is 0 Å². The maximum atomic E-state index is 13.4. The van der Waals surface area contributed by atoms with E-state index in [1.165, 1.54) is 18.2 Å². The molecule has 0 saturated heterocycles.